The summed E-state index contributed by atoms with van der Waals surface area (Å²) in [7, 11) is 4.99. The van der Waals surface area contributed by atoms with Gasteiger partial charge in [-0.1, -0.05) is 18.2 Å². The fourth-order valence-corrected chi connectivity index (χ4v) is 3.21. The van der Waals surface area contributed by atoms with E-state index in [1.54, 1.807) is 37.3 Å². The third kappa shape index (κ3) is 6.17. The molecule has 3 N–H and O–H groups in total. The molecular formula is C25H27F2N5O4. The summed E-state index contributed by atoms with van der Waals surface area (Å²) < 4.78 is 47.2. The number of nitrogens with two attached hydrogens (primary N) is 1. The van der Waals surface area contributed by atoms with Gasteiger partial charge < -0.3 is 29.7 Å². The van der Waals surface area contributed by atoms with Crippen molar-refractivity contribution in [2.45, 2.75) is 6.92 Å². The molecule has 0 saturated heterocycles. The highest BCUT2D eigenvalue weighted by atomic mass is 19.1. The standard InChI is InChI=1S/C25H27F2N5O4/c1-5-34-19(33)14-32(4)22-20(26)24(35-17-10-6-8-15(12-17)23(28)29)30-25(21(22)27)36-18-11-7-9-16(13-18)31(2)3/h6-13H,5,14H2,1-4H3,(H3,28,29). The van der Waals surface area contributed by atoms with E-state index in [1.165, 1.54) is 19.2 Å². The molecule has 2 aromatic carbocycles. The van der Waals surface area contributed by atoms with E-state index in [1.807, 2.05) is 25.1 Å². The Morgan fingerprint density at radius 1 is 1.00 bits per heavy atom. The summed E-state index contributed by atoms with van der Waals surface area (Å²) in [5, 5.41) is 7.59. The largest absolute Gasteiger partial charge is 0.465 e. The Morgan fingerprint density at radius 2 is 1.58 bits per heavy atom. The van der Waals surface area contributed by atoms with Gasteiger partial charge in [-0.3, -0.25) is 10.2 Å². The number of anilines is 2. The van der Waals surface area contributed by atoms with Crippen molar-refractivity contribution in [3.63, 3.8) is 0 Å². The van der Waals surface area contributed by atoms with E-state index >= 15 is 8.78 Å². The number of benzene rings is 2. The first-order valence-corrected chi connectivity index (χ1v) is 10.9. The van der Waals surface area contributed by atoms with E-state index in [0.29, 0.717) is 5.56 Å². The maximum absolute atomic E-state index is 15.5. The van der Waals surface area contributed by atoms with Crippen LogP contribution in [0.1, 0.15) is 12.5 Å². The lowest BCUT2D eigenvalue weighted by molar-refractivity contribution is -0.141. The van der Waals surface area contributed by atoms with Crippen LogP contribution < -0.4 is 25.0 Å². The molecule has 36 heavy (non-hydrogen) atoms. The number of ether oxygens (including phenoxy) is 3. The Hall–Kier alpha value is -4.41. The zero-order valence-corrected chi connectivity index (χ0v) is 20.3. The third-order valence-electron chi connectivity index (χ3n) is 4.96. The van der Waals surface area contributed by atoms with Gasteiger partial charge in [0.05, 0.1) is 6.61 Å². The van der Waals surface area contributed by atoms with Crippen LogP contribution in [0.15, 0.2) is 48.5 Å². The highest BCUT2D eigenvalue weighted by Gasteiger charge is 2.27. The topological polar surface area (TPSA) is 114 Å². The predicted molar refractivity (Wildman–Crippen MR) is 132 cm³/mol. The van der Waals surface area contributed by atoms with E-state index < -0.39 is 41.6 Å². The molecule has 190 valence electrons. The lowest BCUT2D eigenvalue weighted by Crippen LogP contribution is -2.29. The van der Waals surface area contributed by atoms with Crippen molar-refractivity contribution in [1.29, 1.82) is 5.41 Å². The van der Waals surface area contributed by atoms with Crippen molar-refractivity contribution in [1.82, 2.24) is 4.98 Å². The third-order valence-corrected chi connectivity index (χ3v) is 4.96. The van der Waals surface area contributed by atoms with Crippen LogP contribution in [0, 0.1) is 17.0 Å². The first-order valence-electron chi connectivity index (χ1n) is 10.9. The van der Waals surface area contributed by atoms with Gasteiger partial charge in [-0.25, -0.2) is 0 Å². The number of amidine groups is 1. The number of pyridine rings is 1. The van der Waals surface area contributed by atoms with Gasteiger partial charge >= 0.3 is 5.97 Å². The van der Waals surface area contributed by atoms with E-state index in [0.717, 1.165) is 10.6 Å². The molecule has 1 aromatic heterocycles. The Bertz CT molecular complexity index is 1270. The van der Waals surface area contributed by atoms with Crippen LogP contribution >= 0.6 is 0 Å². The Kier molecular flexibility index (Phi) is 8.26. The number of carbonyl (C=O) groups excluding carboxylic acids is 1. The molecule has 0 bridgehead atoms. The molecule has 0 unspecified atom stereocenters. The Morgan fingerprint density at radius 3 is 2.14 bits per heavy atom. The van der Waals surface area contributed by atoms with Gasteiger partial charge in [0.2, 0.25) is 11.6 Å². The maximum Gasteiger partial charge on any atom is 0.325 e. The maximum atomic E-state index is 15.5. The molecule has 0 radical (unpaired) electrons. The lowest BCUT2D eigenvalue weighted by Gasteiger charge is -2.22. The van der Waals surface area contributed by atoms with Crippen molar-refractivity contribution in [3.8, 4) is 23.3 Å². The smallest absolute Gasteiger partial charge is 0.325 e. The van der Waals surface area contributed by atoms with E-state index in [9.17, 15) is 4.79 Å². The second kappa shape index (κ2) is 11.3. The number of nitrogen functional groups attached to an aromatic ring is 1. The Labute approximate surface area is 207 Å². The second-order valence-electron chi connectivity index (χ2n) is 7.90. The summed E-state index contributed by atoms with van der Waals surface area (Å²) in [6.07, 6.45) is 0. The summed E-state index contributed by atoms with van der Waals surface area (Å²) in [4.78, 5) is 18.8. The molecule has 0 aliphatic rings. The average molecular weight is 500 g/mol. The molecule has 9 nitrogen and oxygen atoms in total. The molecule has 1 heterocycles. The van der Waals surface area contributed by atoms with Crippen molar-refractivity contribution < 1.29 is 27.8 Å². The van der Waals surface area contributed by atoms with Crippen molar-refractivity contribution in [2.75, 3.05) is 44.1 Å². The van der Waals surface area contributed by atoms with Crippen molar-refractivity contribution >= 4 is 23.2 Å². The van der Waals surface area contributed by atoms with Crippen LogP contribution in [0.2, 0.25) is 0 Å². The minimum absolute atomic E-state index is 0.111. The van der Waals surface area contributed by atoms with Crippen molar-refractivity contribution in [3.05, 3.63) is 65.7 Å². The van der Waals surface area contributed by atoms with Gasteiger partial charge in [0.1, 0.15) is 29.6 Å². The number of hydrogen-bond donors (Lipinski definition) is 2. The van der Waals surface area contributed by atoms with Gasteiger partial charge in [0, 0.05) is 38.5 Å². The first-order chi connectivity index (χ1) is 17.1. The average Bonchev–Trinajstić information content (AvgIpc) is 2.82. The molecular weight excluding hydrogens is 472 g/mol. The van der Waals surface area contributed by atoms with Crippen LogP contribution in [0.25, 0.3) is 0 Å². The molecule has 11 heteroatoms. The van der Waals surface area contributed by atoms with Gasteiger partial charge in [-0.05, 0) is 31.2 Å². The summed E-state index contributed by atoms with van der Waals surface area (Å²) in [5.41, 5.74) is 6.05. The van der Waals surface area contributed by atoms with Crippen LogP contribution in [-0.2, 0) is 9.53 Å². The molecule has 0 aliphatic heterocycles. The molecule has 3 aromatic rings. The van der Waals surface area contributed by atoms with Gasteiger partial charge in [-0.15, -0.1) is 0 Å². The minimum Gasteiger partial charge on any atom is -0.465 e. The molecule has 3 rings (SSSR count). The summed E-state index contributed by atoms with van der Waals surface area (Å²) in [5.74, 6) is -3.96. The van der Waals surface area contributed by atoms with Crippen LogP contribution in [0.5, 0.6) is 23.3 Å². The van der Waals surface area contributed by atoms with E-state index in [2.05, 4.69) is 4.98 Å². The first kappa shape index (κ1) is 26.2. The number of hydrogen-bond acceptors (Lipinski definition) is 8. The minimum atomic E-state index is -1.15. The molecule has 0 fully saturated rings. The Balaban J connectivity index is 2.08. The quantitative estimate of drug-likeness (QED) is 0.241. The van der Waals surface area contributed by atoms with E-state index in [4.69, 9.17) is 25.4 Å². The number of halogens is 2. The number of carbonyl (C=O) groups is 1. The summed E-state index contributed by atoms with van der Waals surface area (Å²) >= 11 is 0. The summed E-state index contributed by atoms with van der Waals surface area (Å²) in [6, 6.07) is 12.8. The van der Waals surface area contributed by atoms with Gasteiger partial charge in [0.15, 0.2) is 0 Å². The molecule has 0 atom stereocenters. The fourth-order valence-electron chi connectivity index (χ4n) is 3.21. The highest BCUT2D eigenvalue weighted by molar-refractivity contribution is 5.95. The zero-order chi connectivity index (χ0) is 26.4. The molecule has 0 saturated carbocycles. The number of aromatic nitrogens is 1. The summed E-state index contributed by atoms with van der Waals surface area (Å²) in [6.45, 7) is 1.31. The molecule has 0 aliphatic carbocycles. The lowest BCUT2D eigenvalue weighted by atomic mass is 10.2. The predicted octanol–water partition coefficient (Wildman–Crippen LogP) is 4.29. The van der Waals surface area contributed by atoms with Crippen LogP contribution in [0.3, 0.4) is 0 Å². The second-order valence-corrected chi connectivity index (χ2v) is 7.90. The number of nitrogens with one attached hydrogen (secondary N) is 1. The molecule has 0 spiro atoms. The normalized spacial score (nSPS) is 10.5. The number of likely N-dealkylation sites (N-methyl/N-ethyl adjacent to an activating group) is 1. The van der Waals surface area contributed by atoms with Crippen LogP contribution in [0.4, 0.5) is 20.2 Å². The number of nitrogens with zero attached hydrogens (tertiary/aromatic N) is 3. The molecule has 0 amide bonds. The van der Waals surface area contributed by atoms with E-state index in [-0.39, 0.29) is 23.9 Å². The monoisotopic (exact) mass is 499 g/mol. The number of rotatable bonds is 10. The van der Waals surface area contributed by atoms with Crippen LogP contribution in [-0.4, -0.2) is 51.1 Å². The zero-order valence-electron chi connectivity index (χ0n) is 20.3. The van der Waals surface area contributed by atoms with Gasteiger partial charge in [0.25, 0.3) is 11.8 Å². The number of esters is 1. The highest BCUT2D eigenvalue weighted by Crippen LogP contribution is 2.38. The fraction of sp³-hybridized carbons (Fsp3) is 0.240. The van der Waals surface area contributed by atoms with Crippen molar-refractivity contribution in [2.24, 2.45) is 5.73 Å². The van der Waals surface area contributed by atoms with Gasteiger partial charge in [-0.2, -0.15) is 13.8 Å². The SMILES string of the molecule is CCOC(=O)CN(C)c1c(F)c(Oc2cccc(C(=N)N)c2)nc(Oc2cccc(N(C)C)c2)c1F.